The highest BCUT2D eigenvalue weighted by molar-refractivity contribution is 6.33. The number of hydrogen-bond acceptors (Lipinski definition) is 2. The van der Waals surface area contributed by atoms with E-state index in [0.29, 0.717) is 16.2 Å². The quantitative estimate of drug-likeness (QED) is 0.750. The summed E-state index contributed by atoms with van der Waals surface area (Å²) >= 11 is 11.8. The van der Waals surface area contributed by atoms with Crippen LogP contribution in [-0.4, -0.2) is 14.6 Å². The molecule has 96 valence electrons. The second kappa shape index (κ2) is 4.36. The molecule has 4 nitrogen and oxygen atoms in total. The first kappa shape index (κ1) is 12.2. The van der Waals surface area contributed by atoms with E-state index in [2.05, 4.69) is 10.1 Å². The summed E-state index contributed by atoms with van der Waals surface area (Å²) in [5.74, 6) is -0.467. The molecule has 7 heteroatoms. The highest BCUT2D eigenvalue weighted by Gasteiger charge is 2.13. The molecule has 0 spiro atoms. The summed E-state index contributed by atoms with van der Waals surface area (Å²) in [7, 11) is 0. The summed E-state index contributed by atoms with van der Waals surface area (Å²) in [5.41, 5.74) is 0.653. The van der Waals surface area contributed by atoms with Crippen LogP contribution in [0.15, 0.2) is 35.4 Å². The first-order valence-corrected chi connectivity index (χ1v) is 6.03. The third-order valence-corrected chi connectivity index (χ3v) is 3.31. The van der Waals surface area contributed by atoms with E-state index in [1.807, 2.05) is 0 Å². The zero-order valence-electron chi connectivity index (χ0n) is 9.32. The van der Waals surface area contributed by atoms with Crippen molar-refractivity contribution in [1.29, 1.82) is 0 Å². The Morgan fingerprint density at radius 3 is 2.74 bits per heavy atom. The fourth-order valence-electron chi connectivity index (χ4n) is 1.82. The van der Waals surface area contributed by atoms with Crippen molar-refractivity contribution < 1.29 is 4.39 Å². The number of aromatic nitrogens is 3. The monoisotopic (exact) mass is 297 g/mol. The Balaban J connectivity index is 2.31. The average Bonchev–Trinajstić information content (AvgIpc) is 2.74. The van der Waals surface area contributed by atoms with Gasteiger partial charge >= 0.3 is 0 Å². The minimum Gasteiger partial charge on any atom is -0.295 e. The van der Waals surface area contributed by atoms with E-state index in [9.17, 15) is 9.18 Å². The highest BCUT2D eigenvalue weighted by Crippen LogP contribution is 2.26. The number of nitrogens with one attached hydrogen (secondary N) is 1. The highest BCUT2D eigenvalue weighted by atomic mass is 35.5. The van der Waals surface area contributed by atoms with Crippen LogP contribution in [0.25, 0.3) is 16.8 Å². The summed E-state index contributed by atoms with van der Waals surface area (Å²) in [5, 5.41) is 3.18. The second-order valence-electron chi connectivity index (χ2n) is 3.88. The lowest BCUT2D eigenvalue weighted by molar-refractivity contribution is 0.628. The van der Waals surface area contributed by atoms with Crippen LogP contribution in [0.5, 0.6) is 0 Å². The zero-order valence-corrected chi connectivity index (χ0v) is 10.8. The molecular formula is C12H6Cl2FN3O. The molecule has 2 aromatic heterocycles. The van der Waals surface area contributed by atoms with Crippen LogP contribution >= 0.6 is 23.2 Å². The minimum atomic E-state index is -0.467. The molecule has 0 saturated heterocycles. The van der Waals surface area contributed by atoms with Gasteiger partial charge in [-0.25, -0.2) is 9.37 Å². The molecule has 0 atom stereocenters. The van der Waals surface area contributed by atoms with Gasteiger partial charge in [0.2, 0.25) is 0 Å². The van der Waals surface area contributed by atoms with Crippen LogP contribution < -0.4 is 5.56 Å². The fourth-order valence-corrected chi connectivity index (χ4v) is 2.27. The molecule has 0 amide bonds. The van der Waals surface area contributed by atoms with Crippen molar-refractivity contribution in [3.05, 3.63) is 56.8 Å². The smallest absolute Gasteiger partial charge is 0.280 e. The van der Waals surface area contributed by atoms with Crippen LogP contribution in [0.3, 0.4) is 0 Å². The van der Waals surface area contributed by atoms with Crippen LogP contribution in [0, 0.1) is 5.82 Å². The topological polar surface area (TPSA) is 50.2 Å². The molecule has 19 heavy (non-hydrogen) atoms. The molecule has 3 aromatic rings. The van der Waals surface area contributed by atoms with Crippen LogP contribution in [0.2, 0.25) is 10.0 Å². The van der Waals surface area contributed by atoms with Crippen LogP contribution in [0.1, 0.15) is 0 Å². The number of nitrogens with zero attached hydrogens (tertiary/aromatic N) is 2. The second-order valence-corrected chi connectivity index (χ2v) is 4.70. The third-order valence-electron chi connectivity index (χ3n) is 2.72. The van der Waals surface area contributed by atoms with Crippen molar-refractivity contribution in [2.24, 2.45) is 0 Å². The summed E-state index contributed by atoms with van der Waals surface area (Å²) in [4.78, 5) is 16.3. The lowest BCUT2D eigenvalue weighted by Crippen LogP contribution is -2.17. The number of H-pyrrole nitrogens is 1. The molecule has 0 aliphatic rings. The van der Waals surface area contributed by atoms with E-state index >= 15 is 0 Å². The van der Waals surface area contributed by atoms with Crippen molar-refractivity contribution in [1.82, 2.24) is 14.6 Å². The van der Waals surface area contributed by atoms with Gasteiger partial charge in [0.05, 0.1) is 10.6 Å². The van der Waals surface area contributed by atoms with Gasteiger partial charge in [-0.3, -0.25) is 9.89 Å². The van der Waals surface area contributed by atoms with Gasteiger partial charge in [0.1, 0.15) is 10.8 Å². The Labute approximate surface area is 116 Å². The predicted octanol–water partition coefficient (Wildman–Crippen LogP) is 3.14. The summed E-state index contributed by atoms with van der Waals surface area (Å²) in [6.45, 7) is 0. The molecule has 0 bridgehead atoms. The molecule has 0 aliphatic heterocycles. The first-order valence-electron chi connectivity index (χ1n) is 5.28. The van der Waals surface area contributed by atoms with E-state index in [4.69, 9.17) is 23.2 Å². The molecule has 0 saturated carbocycles. The molecule has 1 aromatic carbocycles. The Morgan fingerprint density at radius 2 is 2.00 bits per heavy atom. The maximum absolute atomic E-state index is 13.0. The lowest BCUT2D eigenvalue weighted by atomic mass is 10.1. The third kappa shape index (κ3) is 1.91. The van der Waals surface area contributed by atoms with E-state index in [1.165, 1.54) is 29.0 Å². The fraction of sp³-hybridized carbons (Fsp3) is 0. The number of aromatic amines is 1. The van der Waals surface area contributed by atoms with Gasteiger partial charge in [-0.15, -0.1) is 0 Å². The van der Waals surface area contributed by atoms with Gasteiger partial charge < -0.3 is 0 Å². The van der Waals surface area contributed by atoms with Crippen LogP contribution in [0.4, 0.5) is 4.39 Å². The predicted molar refractivity (Wildman–Crippen MR) is 71.2 cm³/mol. The summed E-state index contributed by atoms with van der Waals surface area (Å²) < 4.78 is 14.2. The molecule has 0 aliphatic carbocycles. The SMILES string of the molecule is O=c1c(-c2ccc(F)cc2Cl)cnc2c(Cl)c[nH]n12. The van der Waals surface area contributed by atoms with E-state index in [-0.39, 0.29) is 16.1 Å². The molecule has 0 radical (unpaired) electrons. The van der Waals surface area contributed by atoms with E-state index in [1.54, 1.807) is 0 Å². The maximum Gasteiger partial charge on any atom is 0.280 e. The standard InChI is InChI=1S/C12H6Cl2FN3O/c13-9-3-6(15)1-2-7(9)8-4-16-11-10(14)5-17-18(11)12(8)19/h1-5,17H. The summed E-state index contributed by atoms with van der Waals surface area (Å²) in [6.07, 6.45) is 2.83. The van der Waals surface area contributed by atoms with Gasteiger partial charge in [0, 0.05) is 18.0 Å². The van der Waals surface area contributed by atoms with Crippen molar-refractivity contribution in [2.75, 3.05) is 0 Å². The lowest BCUT2D eigenvalue weighted by Gasteiger charge is -2.04. The molecule has 1 N–H and O–H groups in total. The number of benzene rings is 1. The zero-order chi connectivity index (χ0) is 13.6. The Kier molecular flexibility index (Phi) is 2.80. The number of halogens is 3. The molecule has 2 heterocycles. The van der Waals surface area contributed by atoms with Gasteiger partial charge in [0.25, 0.3) is 5.56 Å². The first-order chi connectivity index (χ1) is 9.08. The molecule has 3 rings (SSSR count). The van der Waals surface area contributed by atoms with Gasteiger partial charge in [-0.05, 0) is 18.2 Å². The Hall–Kier alpha value is -1.85. The normalized spacial score (nSPS) is 11.1. The van der Waals surface area contributed by atoms with Crippen molar-refractivity contribution in [2.45, 2.75) is 0 Å². The molecular weight excluding hydrogens is 292 g/mol. The number of hydrogen-bond donors (Lipinski definition) is 1. The van der Waals surface area contributed by atoms with Crippen molar-refractivity contribution >= 4 is 28.8 Å². The minimum absolute atomic E-state index is 0.150. The largest absolute Gasteiger partial charge is 0.295 e. The summed E-state index contributed by atoms with van der Waals surface area (Å²) in [6, 6.07) is 3.82. The Morgan fingerprint density at radius 1 is 1.21 bits per heavy atom. The van der Waals surface area contributed by atoms with E-state index < -0.39 is 5.82 Å². The number of fused-ring (bicyclic) bond motifs is 1. The molecule has 0 fully saturated rings. The Bertz CT molecular complexity index is 841. The van der Waals surface area contributed by atoms with Gasteiger partial charge in [0.15, 0.2) is 5.65 Å². The van der Waals surface area contributed by atoms with Gasteiger partial charge in [-0.2, -0.15) is 4.52 Å². The van der Waals surface area contributed by atoms with Crippen molar-refractivity contribution in [3.63, 3.8) is 0 Å². The maximum atomic E-state index is 13.0. The molecule has 0 unspecified atom stereocenters. The van der Waals surface area contributed by atoms with Gasteiger partial charge in [-0.1, -0.05) is 23.2 Å². The van der Waals surface area contributed by atoms with Crippen molar-refractivity contribution in [3.8, 4) is 11.1 Å². The average molecular weight is 298 g/mol. The number of rotatable bonds is 1. The van der Waals surface area contributed by atoms with Crippen LogP contribution in [-0.2, 0) is 0 Å². The van der Waals surface area contributed by atoms with E-state index in [0.717, 1.165) is 6.07 Å².